The number of hydrogen-bond acceptors (Lipinski definition) is 6. The first-order valence-corrected chi connectivity index (χ1v) is 15.2. The lowest BCUT2D eigenvalue weighted by Crippen LogP contribution is -2.08. The van der Waals surface area contributed by atoms with Crippen LogP contribution in [0.15, 0.2) is 66.0 Å². The first-order chi connectivity index (χ1) is 20.8. The molecule has 0 spiro atoms. The van der Waals surface area contributed by atoms with Crippen LogP contribution in [0.25, 0.3) is 27.5 Å². The van der Waals surface area contributed by atoms with Crippen molar-refractivity contribution in [1.29, 1.82) is 0 Å². The van der Waals surface area contributed by atoms with Crippen LogP contribution in [0.1, 0.15) is 52.6 Å². The van der Waals surface area contributed by atoms with E-state index in [1.165, 1.54) is 17.4 Å². The second kappa shape index (κ2) is 12.1. The molecule has 3 aromatic carbocycles. The number of aromatic nitrogens is 3. The van der Waals surface area contributed by atoms with Gasteiger partial charge in [-0.05, 0) is 92.1 Å². The van der Waals surface area contributed by atoms with E-state index < -0.39 is 5.97 Å². The molecule has 1 aliphatic rings. The minimum absolute atomic E-state index is 0.223. The topological polar surface area (TPSA) is 66.2 Å². The Hall–Kier alpha value is -4.37. The molecule has 0 amide bonds. The van der Waals surface area contributed by atoms with E-state index in [0.717, 1.165) is 41.6 Å². The Kier molecular flexibility index (Phi) is 8.08. The maximum absolute atomic E-state index is 15.2. The van der Waals surface area contributed by atoms with Gasteiger partial charge in [-0.15, -0.1) is 11.3 Å². The molecule has 2 heterocycles. The van der Waals surface area contributed by atoms with Gasteiger partial charge in [0.05, 0.1) is 25.1 Å². The summed E-state index contributed by atoms with van der Waals surface area (Å²) >= 11 is 1.31. The lowest BCUT2D eigenvalue weighted by molar-refractivity contribution is 0.0520. The molecule has 1 saturated carbocycles. The number of halogens is 2. The zero-order valence-corrected chi connectivity index (χ0v) is 25.0. The summed E-state index contributed by atoms with van der Waals surface area (Å²) in [6, 6.07) is 17.5. The maximum atomic E-state index is 15.2. The van der Waals surface area contributed by atoms with E-state index in [-0.39, 0.29) is 23.9 Å². The number of nitrogens with zero attached hydrogens (tertiary/aromatic N) is 3. The molecule has 0 aliphatic heterocycles. The highest BCUT2D eigenvalue weighted by molar-refractivity contribution is 7.12. The average Bonchev–Trinajstić information content (AvgIpc) is 3.58. The third kappa shape index (κ3) is 6.08. The van der Waals surface area contributed by atoms with Crippen LogP contribution < -0.4 is 4.74 Å². The van der Waals surface area contributed by atoms with Crippen molar-refractivity contribution in [2.45, 2.75) is 39.5 Å². The summed E-state index contributed by atoms with van der Waals surface area (Å²) in [6.45, 7) is 3.74. The fourth-order valence-corrected chi connectivity index (χ4v) is 5.93. The van der Waals surface area contributed by atoms with Crippen LogP contribution in [0.5, 0.6) is 5.75 Å². The lowest BCUT2D eigenvalue weighted by Gasteiger charge is -2.11. The van der Waals surface area contributed by atoms with Crippen molar-refractivity contribution in [3.8, 4) is 33.3 Å². The second-order valence-electron chi connectivity index (χ2n) is 10.8. The summed E-state index contributed by atoms with van der Waals surface area (Å²) in [5.41, 5.74) is 5.96. The summed E-state index contributed by atoms with van der Waals surface area (Å²) in [6.07, 6.45) is 3.41. The van der Waals surface area contributed by atoms with Crippen molar-refractivity contribution in [3.05, 3.63) is 106 Å². The number of esters is 1. The average molecular weight is 600 g/mol. The fourth-order valence-electron chi connectivity index (χ4n) is 5.16. The van der Waals surface area contributed by atoms with Crippen molar-refractivity contribution in [2.75, 3.05) is 13.7 Å². The van der Waals surface area contributed by atoms with Crippen LogP contribution >= 0.6 is 11.3 Å². The highest BCUT2D eigenvalue weighted by atomic mass is 32.1. The van der Waals surface area contributed by atoms with Gasteiger partial charge in [0.15, 0.2) is 5.69 Å². The van der Waals surface area contributed by atoms with Crippen molar-refractivity contribution in [2.24, 2.45) is 5.92 Å². The van der Waals surface area contributed by atoms with E-state index in [1.54, 1.807) is 61.4 Å². The Bertz CT molecular complexity index is 1810. The zero-order chi connectivity index (χ0) is 30.1. The number of rotatable bonds is 10. The molecule has 9 heteroatoms. The fraction of sp³-hybridized carbons (Fsp3) is 0.265. The van der Waals surface area contributed by atoms with E-state index in [9.17, 15) is 9.18 Å². The summed E-state index contributed by atoms with van der Waals surface area (Å²) in [7, 11) is 1.58. The molecule has 0 bridgehead atoms. The van der Waals surface area contributed by atoms with Crippen LogP contribution in [0, 0.1) is 24.5 Å². The maximum Gasteiger partial charge on any atom is 0.357 e. The Balaban J connectivity index is 1.53. The van der Waals surface area contributed by atoms with Gasteiger partial charge < -0.3 is 9.47 Å². The number of aryl methyl sites for hydroxylation is 1. The molecule has 6 nitrogen and oxygen atoms in total. The Morgan fingerprint density at radius 1 is 1.05 bits per heavy atom. The van der Waals surface area contributed by atoms with E-state index in [2.05, 4.69) is 4.98 Å². The minimum atomic E-state index is -0.488. The van der Waals surface area contributed by atoms with E-state index in [0.29, 0.717) is 45.6 Å². The molecular formula is C34H31F2N3O3S. The van der Waals surface area contributed by atoms with Gasteiger partial charge in [0.1, 0.15) is 17.4 Å². The van der Waals surface area contributed by atoms with E-state index in [4.69, 9.17) is 14.6 Å². The number of carbonyl (C=O) groups is 1. The van der Waals surface area contributed by atoms with E-state index >= 15 is 4.39 Å². The molecule has 0 unspecified atom stereocenters. The number of thiazole rings is 1. The second-order valence-corrected chi connectivity index (χ2v) is 11.6. The van der Waals surface area contributed by atoms with Gasteiger partial charge in [0.2, 0.25) is 5.13 Å². The third-order valence-electron chi connectivity index (χ3n) is 7.66. The Labute approximate surface area is 252 Å². The molecular weight excluding hydrogens is 568 g/mol. The summed E-state index contributed by atoms with van der Waals surface area (Å²) in [4.78, 5) is 17.0. The van der Waals surface area contributed by atoms with Gasteiger partial charge in [-0.2, -0.15) is 5.10 Å². The van der Waals surface area contributed by atoms with E-state index in [1.807, 2.05) is 24.3 Å². The van der Waals surface area contributed by atoms with Gasteiger partial charge in [0, 0.05) is 28.5 Å². The van der Waals surface area contributed by atoms with Gasteiger partial charge >= 0.3 is 5.97 Å². The first kappa shape index (κ1) is 28.7. The third-order valence-corrected chi connectivity index (χ3v) is 8.48. The van der Waals surface area contributed by atoms with Gasteiger partial charge in [-0.3, -0.25) is 0 Å². The standard InChI is InChI=1S/C34H31F2N3O3S/c1-4-42-33(40)30-19-43-34(37-30)39-31(16-21-10-11-21)27(14-22-9-8-20(2)29(36)15-22)32(38-39)24-12-13-28(35)26(18-24)23-6-5-7-25(17-23)41-3/h5-9,12-13,15,17-19,21H,4,10-11,14,16H2,1-3H3. The van der Waals surface area contributed by atoms with Crippen LogP contribution in [0.2, 0.25) is 0 Å². The van der Waals surface area contributed by atoms with Crippen LogP contribution in [-0.2, 0) is 17.6 Å². The predicted octanol–water partition coefficient (Wildman–Crippen LogP) is 7.98. The van der Waals surface area contributed by atoms with Crippen molar-refractivity contribution < 1.29 is 23.0 Å². The highest BCUT2D eigenvalue weighted by Gasteiger charge is 2.29. The Morgan fingerprint density at radius 2 is 1.88 bits per heavy atom. The molecule has 0 radical (unpaired) electrons. The first-order valence-electron chi connectivity index (χ1n) is 14.3. The van der Waals surface area contributed by atoms with Crippen LogP contribution in [0.4, 0.5) is 8.78 Å². The molecule has 0 atom stereocenters. The smallest absolute Gasteiger partial charge is 0.357 e. The normalized spacial score (nSPS) is 12.9. The zero-order valence-electron chi connectivity index (χ0n) is 24.2. The molecule has 2 aromatic heterocycles. The molecule has 0 N–H and O–H groups in total. The van der Waals surface area contributed by atoms with Crippen LogP contribution in [-0.4, -0.2) is 34.5 Å². The molecule has 1 fully saturated rings. The molecule has 220 valence electrons. The molecule has 6 rings (SSSR count). The van der Waals surface area contributed by atoms with Gasteiger partial charge in [-0.1, -0.05) is 24.3 Å². The monoisotopic (exact) mass is 599 g/mol. The number of carbonyl (C=O) groups excluding carboxylic acids is 1. The van der Waals surface area contributed by atoms with Crippen molar-refractivity contribution >= 4 is 17.3 Å². The number of methoxy groups -OCH3 is 1. The van der Waals surface area contributed by atoms with Crippen molar-refractivity contribution in [3.63, 3.8) is 0 Å². The summed E-state index contributed by atoms with van der Waals surface area (Å²) in [5, 5.41) is 7.26. The van der Waals surface area contributed by atoms with Gasteiger partial charge in [-0.25, -0.2) is 23.2 Å². The molecule has 0 saturated heterocycles. The lowest BCUT2D eigenvalue weighted by atomic mass is 9.94. The number of benzene rings is 3. The summed E-state index contributed by atoms with van der Waals surface area (Å²) in [5.74, 6) is 0.00781. The Morgan fingerprint density at radius 3 is 2.63 bits per heavy atom. The predicted molar refractivity (Wildman–Crippen MR) is 163 cm³/mol. The highest BCUT2D eigenvalue weighted by Crippen LogP contribution is 2.39. The van der Waals surface area contributed by atoms with Gasteiger partial charge in [0.25, 0.3) is 0 Å². The largest absolute Gasteiger partial charge is 0.497 e. The summed E-state index contributed by atoms with van der Waals surface area (Å²) < 4.78 is 42.2. The quantitative estimate of drug-likeness (QED) is 0.152. The molecule has 1 aliphatic carbocycles. The molecule has 43 heavy (non-hydrogen) atoms. The SMILES string of the molecule is CCOC(=O)c1csc(-n2nc(-c3ccc(F)c(-c4cccc(OC)c4)c3)c(Cc3ccc(C)c(F)c3)c2CC2CC2)n1. The number of ether oxygens (including phenoxy) is 2. The van der Waals surface area contributed by atoms with Crippen LogP contribution in [0.3, 0.4) is 0 Å². The minimum Gasteiger partial charge on any atom is -0.497 e. The molecule has 5 aromatic rings. The van der Waals surface area contributed by atoms with Crippen molar-refractivity contribution in [1.82, 2.24) is 14.8 Å². The number of hydrogen-bond donors (Lipinski definition) is 0.